The summed E-state index contributed by atoms with van der Waals surface area (Å²) in [5, 5.41) is -0.122. The van der Waals surface area contributed by atoms with Gasteiger partial charge in [-0.25, -0.2) is 8.78 Å². The summed E-state index contributed by atoms with van der Waals surface area (Å²) in [5.41, 5.74) is 0.192. The number of hydrogen-bond donors (Lipinski definition) is 0. The number of benzene rings is 1. The lowest BCUT2D eigenvalue weighted by atomic mass is 10.2. The Hall–Kier alpha value is -0.340. The summed E-state index contributed by atoms with van der Waals surface area (Å²) in [4.78, 5) is 0. The van der Waals surface area contributed by atoms with Crippen LogP contribution >= 0.6 is 23.2 Å². The van der Waals surface area contributed by atoms with Crippen LogP contribution < -0.4 is 0 Å². The summed E-state index contributed by atoms with van der Waals surface area (Å²) in [6.45, 7) is -0.742. The van der Waals surface area contributed by atoms with Gasteiger partial charge in [0.15, 0.2) is 0 Å². The van der Waals surface area contributed by atoms with Gasteiger partial charge in [0.2, 0.25) is 0 Å². The fourth-order valence-corrected chi connectivity index (χ4v) is 1.02. The van der Waals surface area contributed by atoms with Crippen LogP contribution in [0, 0.1) is 5.82 Å². The van der Waals surface area contributed by atoms with Crippen LogP contribution in [0.2, 0.25) is 10.0 Å². The zero-order valence-electron chi connectivity index (χ0n) is 5.37. The molecule has 1 aromatic carbocycles. The third-order valence-corrected chi connectivity index (χ3v) is 1.98. The molecule has 60 valence electrons. The van der Waals surface area contributed by atoms with E-state index < -0.39 is 12.5 Å². The van der Waals surface area contributed by atoms with Crippen molar-refractivity contribution >= 4 is 23.2 Å². The molecule has 0 aliphatic rings. The number of alkyl halides is 1. The summed E-state index contributed by atoms with van der Waals surface area (Å²) < 4.78 is 24.6. The highest BCUT2D eigenvalue weighted by Crippen LogP contribution is 2.26. The summed E-state index contributed by atoms with van der Waals surface area (Å²) in [5.74, 6) is -0.688. The van der Waals surface area contributed by atoms with E-state index in [1.54, 1.807) is 0 Å². The molecule has 0 aliphatic carbocycles. The average Bonchev–Trinajstić information content (AvgIpc) is 1.99. The molecule has 0 amide bonds. The molecule has 0 atom stereocenters. The van der Waals surface area contributed by atoms with Gasteiger partial charge in [0, 0.05) is 0 Å². The molecule has 0 unspecified atom stereocenters. The van der Waals surface area contributed by atoms with E-state index in [2.05, 4.69) is 0 Å². The first-order valence-electron chi connectivity index (χ1n) is 2.84. The Morgan fingerprint density at radius 3 is 2.36 bits per heavy atom. The highest BCUT2D eigenvalue weighted by Gasteiger charge is 2.06. The maximum Gasteiger partial charge on any atom is 0.143 e. The van der Waals surface area contributed by atoms with Gasteiger partial charge in [-0.3, -0.25) is 0 Å². The van der Waals surface area contributed by atoms with Gasteiger partial charge in [0.05, 0.1) is 10.0 Å². The maximum atomic E-state index is 12.6. The Labute approximate surface area is 72.7 Å². The van der Waals surface area contributed by atoms with Crippen molar-refractivity contribution in [3.63, 3.8) is 0 Å². The van der Waals surface area contributed by atoms with E-state index in [0.717, 1.165) is 6.07 Å². The van der Waals surface area contributed by atoms with Crippen molar-refractivity contribution in [3.05, 3.63) is 33.6 Å². The summed E-state index contributed by atoms with van der Waals surface area (Å²) >= 11 is 10.8. The topological polar surface area (TPSA) is 0 Å². The summed E-state index contributed by atoms with van der Waals surface area (Å²) in [7, 11) is 0. The smallest absolute Gasteiger partial charge is 0.143 e. The minimum absolute atomic E-state index is 0.0410. The Morgan fingerprint density at radius 1 is 1.27 bits per heavy atom. The predicted molar refractivity (Wildman–Crippen MR) is 41.2 cm³/mol. The molecule has 0 saturated heterocycles. The molecule has 0 N–H and O–H groups in total. The lowest BCUT2D eigenvalue weighted by molar-refractivity contribution is 0.482. The van der Waals surface area contributed by atoms with Crippen LogP contribution in [0.15, 0.2) is 12.1 Å². The second-order valence-corrected chi connectivity index (χ2v) is 2.79. The van der Waals surface area contributed by atoms with Crippen LogP contribution in [0.1, 0.15) is 5.56 Å². The van der Waals surface area contributed by atoms with Crippen LogP contribution in [0.3, 0.4) is 0 Å². The molecule has 0 heterocycles. The molecular formula is C7H4Cl2F2. The SMILES string of the molecule is FCc1cc(F)c(Cl)c(Cl)c1. The van der Waals surface area contributed by atoms with E-state index in [1.807, 2.05) is 0 Å². The third-order valence-electron chi connectivity index (χ3n) is 1.20. The predicted octanol–water partition coefficient (Wildman–Crippen LogP) is 3.60. The Bertz CT molecular complexity index is 250. The Balaban J connectivity index is 3.21. The van der Waals surface area contributed by atoms with Crippen LogP contribution in [0.25, 0.3) is 0 Å². The summed E-state index contributed by atoms with van der Waals surface area (Å²) in [6.07, 6.45) is 0. The molecular weight excluding hydrogens is 193 g/mol. The maximum absolute atomic E-state index is 12.6. The highest BCUT2D eigenvalue weighted by atomic mass is 35.5. The normalized spacial score (nSPS) is 10.2. The first kappa shape index (κ1) is 8.75. The van der Waals surface area contributed by atoms with Crippen LogP contribution in [0.4, 0.5) is 8.78 Å². The number of rotatable bonds is 1. The van der Waals surface area contributed by atoms with Crippen LogP contribution in [-0.4, -0.2) is 0 Å². The van der Waals surface area contributed by atoms with Crippen molar-refractivity contribution in [2.75, 3.05) is 0 Å². The quantitative estimate of drug-likeness (QED) is 0.603. The van der Waals surface area contributed by atoms with E-state index in [4.69, 9.17) is 23.2 Å². The van der Waals surface area contributed by atoms with Gasteiger partial charge in [-0.15, -0.1) is 0 Å². The Morgan fingerprint density at radius 2 is 1.91 bits per heavy atom. The molecule has 0 nitrogen and oxygen atoms in total. The molecule has 0 aromatic heterocycles. The van der Waals surface area contributed by atoms with E-state index in [9.17, 15) is 8.78 Å². The Kier molecular flexibility index (Phi) is 2.68. The fourth-order valence-electron chi connectivity index (χ4n) is 0.685. The lowest BCUT2D eigenvalue weighted by Gasteiger charge is -1.99. The van der Waals surface area contributed by atoms with Gasteiger partial charge in [-0.05, 0) is 17.7 Å². The van der Waals surface area contributed by atoms with Crippen LogP contribution in [-0.2, 0) is 6.67 Å². The molecule has 4 heteroatoms. The average molecular weight is 197 g/mol. The van der Waals surface area contributed by atoms with Crippen molar-refractivity contribution in [1.82, 2.24) is 0 Å². The lowest BCUT2D eigenvalue weighted by Crippen LogP contribution is -1.84. The minimum atomic E-state index is -0.742. The molecule has 1 rings (SSSR count). The second-order valence-electron chi connectivity index (χ2n) is 2.01. The molecule has 0 spiro atoms. The molecule has 1 aromatic rings. The van der Waals surface area contributed by atoms with E-state index in [1.165, 1.54) is 6.07 Å². The molecule has 0 bridgehead atoms. The second kappa shape index (κ2) is 3.37. The fraction of sp³-hybridized carbons (Fsp3) is 0.143. The molecule has 11 heavy (non-hydrogen) atoms. The van der Waals surface area contributed by atoms with E-state index >= 15 is 0 Å². The number of hydrogen-bond acceptors (Lipinski definition) is 0. The van der Waals surface area contributed by atoms with Crippen molar-refractivity contribution in [1.29, 1.82) is 0 Å². The first-order valence-corrected chi connectivity index (χ1v) is 3.60. The van der Waals surface area contributed by atoms with Crippen LogP contribution in [0.5, 0.6) is 0 Å². The largest absolute Gasteiger partial charge is 0.246 e. The zero-order valence-corrected chi connectivity index (χ0v) is 6.89. The standard InChI is InChI=1S/C7H4Cl2F2/c8-5-1-4(3-10)2-6(11)7(5)9/h1-2H,3H2. The number of halogens is 4. The van der Waals surface area contributed by atoms with Crippen molar-refractivity contribution < 1.29 is 8.78 Å². The monoisotopic (exact) mass is 196 g/mol. The summed E-state index contributed by atoms with van der Waals surface area (Å²) in [6, 6.07) is 2.32. The van der Waals surface area contributed by atoms with Gasteiger partial charge in [-0.1, -0.05) is 23.2 Å². The van der Waals surface area contributed by atoms with Crippen molar-refractivity contribution in [3.8, 4) is 0 Å². The van der Waals surface area contributed by atoms with Gasteiger partial charge in [0.25, 0.3) is 0 Å². The van der Waals surface area contributed by atoms with Gasteiger partial charge < -0.3 is 0 Å². The molecule has 0 fully saturated rings. The van der Waals surface area contributed by atoms with Gasteiger partial charge in [-0.2, -0.15) is 0 Å². The molecule has 0 radical (unpaired) electrons. The third kappa shape index (κ3) is 1.82. The van der Waals surface area contributed by atoms with E-state index in [-0.39, 0.29) is 15.6 Å². The molecule has 0 saturated carbocycles. The highest BCUT2D eigenvalue weighted by molar-refractivity contribution is 6.42. The van der Waals surface area contributed by atoms with Gasteiger partial charge >= 0.3 is 0 Å². The molecule has 0 aliphatic heterocycles. The minimum Gasteiger partial charge on any atom is -0.246 e. The first-order chi connectivity index (χ1) is 5.15. The van der Waals surface area contributed by atoms with Crippen molar-refractivity contribution in [2.24, 2.45) is 0 Å². The zero-order chi connectivity index (χ0) is 8.43. The van der Waals surface area contributed by atoms with E-state index in [0.29, 0.717) is 0 Å². The van der Waals surface area contributed by atoms with Crippen molar-refractivity contribution in [2.45, 2.75) is 6.67 Å². The van der Waals surface area contributed by atoms with Gasteiger partial charge in [0.1, 0.15) is 12.5 Å².